The van der Waals surface area contributed by atoms with Gasteiger partial charge in [0.1, 0.15) is 11.5 Å². The number of hydrogen-bond acceptors (Lipinski definition) is 9. The maximum Gasteiger partial charge on any atom is 0.189 e. The van der Waals surface area contributed by atoms with Gasteiger partial charge in [0.15, 0.2) is 24.0 Å². The minimum Gasteiger partial charge on any atom is -0.507 e. The molecule has 7 atom stereocenters. The van der Waals surface area contributed by atoms with Crippen molar-refractivity contribution in [1.82, 2.24) is 0 Å². The lowest BCUT2D eigenvalue weighted by Crippen LogP contribution is -2.55. The number of carbonyl (C=O) groups excluding carboxylic acids is 2. The number of phenols is 2. The van der Waals surface area contributed by atoms with Crippen LogP contribution in [0.1, 0.15) is 85.8 Å². The van der Waals surface area contributed by atoms with Crippen LogP contribution >= 0.6 is 0 Å². The molecule has 1 aromatic carbocycles. The lowest BCUT2D eigenvalue weighted by molar-refractivity contribution is -0.239. The lowest BCUT2D eigenvalue weighted by Gasteiger charge is -2.39. The van der Waals surface area contributed by atoms with Crippen LogP contribution in [0.2, 0.25) is 0 Å². The molecule has 0 amide bonds. The van der Waals surface area contributed by atoms with Gasteiger partial charge in [0.05, 0.1) is 35.5 Å². The van der Waals surface area contributed by atoms with Gasteiger partial charge in [-0.3, -0.25) is 9.59 Å². The minimum atomic E-state index is -1.40. The molecule has 0 aliphatic carbocycles. The molecule has 2 aliphatic heterocycles. The summed E-state index contributed by atoms with van der Waals surface area (Å²) in [4.78, 5) is 25.4. The zero-order chi connectivity index (χ0) is 25.4. The third-order valence-electron chi connectivity index (χ3n) is 7.10. The molecule has 2 aliphatic rings. The van der Waals surface area contributed by atoms with Gasteiger partial charge >= 0.3 is 0 Å². The van der Waals surface area contributed by atoms with Crippen LogP contribution in [0, 0.1) is 11.8 Å². The molecule has 1 aromatic rings. The Hall–Kier alpha value is -2.04. The summed E-state index contributed by atoms with van der Waals surface area (Å²) in [5, 5.41) is 42.7. The van der Waals surface area contributed by atoms with E-state index < -0.39 is 53.4 Å². The number of aliphatic hydroxyl groups excluding tert-OH is 2. The fourth-order valence-corrected chi connectivity index (χ4v) is 5.26. The molecule has 1 spiro atoms. The van der Waals surface area contributed by atoms with Crippen LogP contribution in [0.15, 0.2) is 6.07 Å². The van der Waals surface area contributed by atoms with Gasteiger partial charge in [-0.25, -0.2) is 0 Å². The summed E-state index contributed by atoms with van der Waals surface area (Å²) in [6.07, 6.45) is -2.25. The second-order valence-electron chi connectivity index (χ2n) is 9.55. The van der Waals surface area contributed by atoms with Gasteiger partial charge in [0, 0.05) is 25.0 Å². The Balaban J connectivity index is 1.99. The molecule has 2 heterocycles. The maximum atomic E-state index is 13.7. The van der Waals surface area contributed by atoms with Crippen LogP contribution in [-0.4, -0.2) is 69.8 Å². The molecule has 0 aromatic heterocycles. The maximum absolute atomic E-state index is 13.7. The number of ether oxygens (including phenoxy) is 3. The zero-order valence-electron chi connectivity index (χ0n) is 20.4. The first-order valence-electron chi connectivity index (χ1n) is 11.9. The van der Waals surface area contributed by atoms with E-state index in [1.165, 1.54) is 13.2 Å². The highest BCUT2D eigenvalue weighted by Gasteiger charge is 2.68. The number of aliphatic hydroxyl groups is 2. The third-order valence-corrected chi connectivity index (χ3v) is 7.10. The molecule has 34 heavy (non-hydrogen) atoms. The summed E-state index contributed by atoms with van der Waals surface area (Å²) >= 11 is 0. The number of benzene rings is 1. The normalized spacial score (nSPS) is 30.4. The smallest absolute Gasteiger partial charge is 0.189 e. The van der Waals surface area contributed by atoms with Crippen molar-refractivity contribution in [3.05, 3.63) is 22.8 Å². The number of ketones is 1. The highest BCUT2D eigenvalue weighted by atomic mass is 16.7. The van der Waals surface area contributed by atoms with Crippen LogP contribution in [0.5, 0.6) is 11.5 Å². The topological polar surface area (TPSA) is 146 Å². The fourth-order valence-electron chi connectivity index (χ4n) is 5.26. The van der Waals surface area contributed by atoms with Crippen molar-refractivity contribution in [1.29, 1.82) is 0 Å². The monoisotopic (exact) mass is 480 g/mol. The van der Waals surface area contributed by atoms with Crippen LogP contribution in [0.3, 0.4) is 0 Å². The molecular formula is C25H36O9. The second kappa shape index (κ2) is 10.3. The summed E-state index contributed by atoms with van der Waals surface area (Å²) < 4.78 is 16.8. The van der Waals surface area contributed by atoms with E-state index in [4.69, 9.17) is 14.2 Å². The van der Waals surface area contributed by atoms with Gasteiger partial charge in [0.25, 0.3) is 0 Å². The number of Topliss-reactive ketones (excluding diaryl/α,β-unsaturated/α-hetero) is 1. The standard InChI is InChI=1S/C25H36O9/c1-6-8-13(17-10-18(27)25(24(31)33-17)19(7-2)34-25)20(28)14-9-15(23(32-5)12(3)4)22(30)16(11-26)21(14)29/h9,11-13,17-19,23-24,27,29-31H,6-8,10H2,1-5H3/t13-,17-,18-,19+,23?,24-,25+/m1/s1. The Morgan fingerprint density at radius 3 is 2.41 bits per heavy atom. The molecule has 2 saturated heterocycles. The predicted molar refractivity (Wildman–Crippen MR) is 122 cm³/mol. The van der Waals surface area contributed by atoms with Gasteiger partial charge in [0.2, 0.25) is 0 Å². The van der Waals surface area contributed by atoms with Crippen molar-refractivity contribution in [2.45, 2.75) is 89.7 Å². The number of methoxy groups -OCH3 is 1. The second-order valence-corrected chi connectivity index (χ2v) is 9.55. The largest absolute Gasteiger partial charge is 0.507 e. The number of hydrogen-bond donors (Lipinski definition) is 4. The minimum absolute atomic E-state index is 0.0723. The van der Waals surface area contributed by atoms with Gasteiger partial charge in [-0.1, -0.05) is 34.1 Å². The average Bonchev–Trinajstić information content (AvgIpc) is 3.53. The third kappa shape index (κ3) is 4.35. The first-order valence-corrected chi connectivity index (χ1v) is 11.9. The van der Waals surface area contributed by atoms with Crippen LogP contribution in [0.4, 0.5) is 0 Å². The highest BCUT2D eigenvalue weighted by molar-refractivity contribution is 6.04. The molecule has 0 radical (unpaired) electrons. The van der Waals surface area contributed by atoms with Gasteiger partial charge in [-0.15, -0.1) is 0 Å². The van der Waals surface area contributed by atoms with Crippen molar-refractivity contribution >= 4 is 12.1 Å². The molecule has 2 fully saturated rings. The number of epoxide rings is 1. The molecule has 9 heteroatoms. The first kappa shape index (κ1) is 26.6. The lowest BCUT2D eigenvalue weighted by atomic mass is 9.80. The van der Waals surface area contributed by atoms with E-state index in [1.807, 2.05) is 27.7 Å². The van der Waals surface area contributed by atoms with E-state index in [9.17, 15) is 30.0 Å². The van der Waals surface area contributed by atoms with Gasteiger partial charge < -0.3 is 34.6 Å². The Morgan fingerprint density at radius 2 is 1.94 bits per heavy atom. The number of phenolic OH excluding ortho intramolecular Hbond substituents is 2. The van der Waals surface area contributed by atoms with E-state index >= 15 is 0 Å². The fraction of sp³-hybridized carbons (Fsp3) is 0.680. The molecule has 1 unspecified atom stereocenters. The van der Waals surface area contributed by atoms with E-state index in [2.05, 4.69) is 0 Å². The van der Waals surface area contributed by atoms with Crippen molar-refractivity contribution in [3.8, 4) is 11.5 Å². The molecule has 0 bridgehead atoms. The number of aldehydes is 1. The Bertz CT molecular complexity index is 900. The summed E-state index contributed by atoms with van der Waals surface area (Å²) in [5.41, 5.74) is -1.48. The summed E-state index contributed by atoms with van der Waals surface area (Å²) in [5.74, 6) is -2.47. The van der Waals surface area contributed by atoms with E-state index in [0.29, 0.717) is 25.5 Å². The van der Waals surface area contributed by atoms with Crippen molar-refractivity contribution in [2.24, 2.45) is 11.8 Å². The number of carbonyl (C=O) groups is 2. The van der Waals surface area contributed by atoms with E-state index in [1.54, 1.807) is 0 Å². The summed E-state index contributed by atoms with van der Waals surface area (Å²) in [7, 11) is 1.46. The van der Waals surface area contributed by atoms with Crippen molar-refractivity contribution in [2.75, 3.05) is 7.11 Å². The molecule has 3 rings (SSSR count). The number of rotatable bonds is 10. The average molecular weight is 481 g/mol. The highest BCUT2D eigenvalue weighted by Crippen LogP contribution is 2.50. The van der Waals surface area contributed by atoms with Crippen LogP contribution in [-0.2, 0) is 14.2 Å². The Labute approximate surface area is 199 Å². The Kier molecular flexibility index (Phi) is 8.04. The summed E-state index contributed by atoms with van der Waals surface area (Å²) in [6, 6.07) is 1.35. The van der Waals surface area contributed by atoms with Crippen molar-refractivity contribution < 1.29 is 44.2 Å². The number of aromatic hydroxyl groups is 2. The van der Waals surface area contributed by atoms with Crippen LogP contribution in [0.25, 0.3) is 0 Å². The van der Waals surface area contributed by atoms with E-state index in [0.717, 1.165) is 0 Å². The summed E-state index contributed by atoms with van der Waals surface area (Å²) in [6.45, 7) is 7.49. The van der Waals surface area contributed by atoms with Gasteiger partial charge in [-0.05, 0) is 24.8 Å². The zero-order valence-corrected chi connectivity index (χ0v) is 20.4. The SMILES string of the molecule is CCC[C@@H](C(=O)c1cc(C(OC)C(C)C)c(O)c(C=O)c1O)[C@H]1C[C@@H](O)[C@@]2(O[C@H]2CC)[C@H](O)O1. The van der Waals surface area contributed by atoms with E-state index in [-0.39, 0.29) is 35.1 Å². The quantitative estimate of drug-likeness (QED) is 0.225. The van der Waals surface area contributed by atoms with Crippen molar-refractivity contribution in [3.63, 3.8) is 0 Å². The van der Waals surface area contributed by atoms with Gasteiger partial charge in [-0.2, -0.15) is 0 Å². The first-order chi connectivity index (χ1) is 16.1. The Morgan fingerprint density at radius 1 is 1.26 bits per heavy atom. The molecule has 190 valence electrons. The predicted octanol–water partition coefficient (Wildman–Crippen LogP) is 2.87. The molecular weight excluding hydrogens is 444 g/mol. The molecule has 0 saturated carbocycles. The molecule has 4 N–H and O–H groups in total. The van der Waals surface area contributed by atoms with Crippen LogP contribution < -0.4 is 0 Å². The molecule has 9 nitrogen and oxygen atoms in total.